The Kier molecular flexibility index (Phi) is 6.68. The van der Waals surface area contributed by atoms with Crippen LogP contribution < -0.4 is 11.1 Å². The summed E-state index contributed by atoms with van der Waals surface area (Å²) in [7, 11) is 0. The zero-order valence-electron chi connectivity index (χ0n) is 12.5. The maximum atomic E-state index is 12.3. The Labute approximate surface area is 121 Å². The van der Waals surface area contributed by atoms with Gasteiger partial charge in [-0.15, -0.1) is 0 Å². The molecule has 0 spiro atoms. The van der Waals surface area contributed by atoms with Crippen molar-refractivity contribution in [3.63, 3.8) is 0 Å². The molecule has 4 nitrogen and oxygen atoms in total. The molecule has 0 heterocycles. The van der Waals surface area contributed by atoms with E-state index in [0.717, 1.165) is 5.56 Å². The molecule has 1 aromatic rings. The van der Waals surface area contributed by atoms with E-state index >= 15 is 0 Å². The molecule has 0 aliphatic rings. The second-order valence-corrected chi connectivity index (χ2v) is 5.60. The first kappa shape index (κ1) is 16.7. The van der Waals surface area contributed by atoms with Crippen molar-refractivity contribution in [2.45, 2.75) is 39.3 Å². The molecule has 3 unspecified atom stereocenters. The third kappa shape index (κ3) is 4.62. The molecule has 20 heavy (non-hydrogen) atoms. The van der Waals surface area contributed by atoms with Crippen LogP contribution in [0.3, 0.4) is 0 Å². The number of benzene rings is 1. The van der Waals surface area contributed by atoms with Crippen molar-refractivity contribution < 1.29 is 9.90 Å². The molecule has 4 heteroatoms. The van der Waals surface area contributed by atoms with Gasteiger partial charge >= 0.3 is 0 Å². The van der Waals surface area contributed by atoms with Crippen molar-refractivity contribution in [1.82, 2.24) is 5.32 Å². The van der Waals surface area contributed by atoms with Crippen LogP contribution in [-0.2, 0) is 4.79 Å². The lowest BCUT2D eigenvalue weighted by Crippen LogP contribution is -2.44. The number of amides is 1. The van der Waals surface area contributed by atoms with E-state index in [9.17, 15) is 4.79 Å². The maximum absolute atomic E-state index is 12.3. The van der Waals surface area contributed by atoms with Crippen LogP contribution in [0.2, 0.25) is 0 Å². The lowest BCUT2D eigenvalue weighted by molar-refractivity contribution is -0.126. The number of hydrogen-bond acceptors (Lipinski definition) is 3. The van der Waals surface area contributed by atoms with E-state index in [1.165, 1.54) is 0 Å². The summed E-state index contributed by atoms with van der Waals surface area (Å²) >= 11 is 0. The van der Waals surface area contributed by atoms with Crippen molar-refractivity contribution in [1.29, 1.82) is 0 Å². The molecule has 1 amide bonds. The number of rotatable bonds is 7. The monoisotopic (exact) mass is 278 g/mol. The van der Waals surface area contributed by atoms with Crippen LogP contribution in [0.15, 0.2) is 30.3 Å². The quantitative estimate of drug-likeness (QED) is 0.712. The normalized spacial score (nSPS) is 15.7. The molecule has 0 aromatic heterocycles. The molecule has 3 atom stereocenters. The molecule has 0 aliphatic carbocycles. The predicted octanol–water partition coefficient (Wildman–Crippen LogP) is 1.85. The smallest absolute Gasteiger partial charge is 0.224 e. The Morgan fingerprint density at radius 1 is 1.25 bits per heavy atom. The number of nitrogens with one attached hydrogen (secondary N) is 1. The Morgan fingerprint density at radius 2 is 1.85 bits per heavy atom. The highest BCUT2D eigenvalue weighted by atomic mass is 16.3. The molecule has 0 radical (unpaired) electrons. The standard InChI is InChI=1S/C16H26N2O2/c1-11(2)14(9-10-19)18-16(20)12(3)15(17)13-7-5-4-6-8-13/h4-8,11-12,14-15,19H,9-10,17H2,1-3H3,(H,18,20). The highest BCUT2D eigenvalue weighted by Crippen LogP contribution is 2.19. The summed E-state index contributed by atoms with van der Waals surface area (Å²) in [5, 5.41) is 12.0. The Balaban J connectivity index is 2.66. The molecule has 112 valence electrons. The van der Waals surface area contributed by atoms with Gasteiger partial charge in [0, 0.05) is 18.7 Å². The van der Waals surface area contributed by atoms with Crippen LogP contribution in [0.25, 0.3) is 0 Å². The highest BCUT2D eigenvalue weighted by molar-refractivity contribution is 5.79. The van der Waals surface area contributed by atoms with Gasteiger partial charge in [0.1, 0.15) is 0 Å². The molecular formula is C16H26N2O2. The summed E-state index contributed by atoms with van der Waals surface area (Å²) in [6, 6.07) is 9.29. The maximum Gasteiger partial charge on any atom is 0.224 e. The molecular weight excluding hydrogens is 252 g/mol. The van der Waals surface area contributed by atoms with Gasteiger partial charge in [-0.05, 0) is 17.9 Å². The van der Waals surface area contributed by atoms with Gasteiger partial charge in [0.15, 0.2) is 0 Å². The number of aliphatic hydroxyl groups excluding tert-OH is 1. The molecule has 0 saturated carbocycles. The molecule has 0 fully saturated rings. The molecule has 1 rings (SSSR count). The SMILES string of the molecule is CC(C)C(CCO)NC(=O)C(C)C(N)c1ccccc1. The van der Waals surface area contributed by atoms with Gasteiger partial charge in [0.2, 0.25) is 5.91 Å². The van der Waals surface area contributed by atoms with Gasteiger partial charge in [0.25, 0.3) is 0 Å². The average molecular weight is 278 g/mol. The average Bonchev–Trinajstić information content (AvgIpc) is 2.45. The van der Waals surface area contributed by atoms with E-state index in [4.69, 9.17) is 10.8 Å². The van der Waals surface area contributed by atoms with Crippen LogP contribution >= 0.6 is 0 Å². The van der Waals surface area contributed by atoms with Gasteiger partial charge in [-0.1, -0.05) is 51.1 Å². The van der Waals surface area contributed by atoms with E-state index in [-0.39, 0.29) is 36.4 Å². The number of nitrogens with two attached hydrogens (primary N) is 1. The summed E-state index contributed by atoms with van der Waals surface area (Å²) in [5.41, 5.74) is 7.11. The predicted molar refractivity (Wildman–Crippen MR) is 81.0 cm³/mol. The fourth-order valence-electron chi connectivity index (χ4n) is 2.15. The summed E-state index contributed by atoms with van der Waals surface area (Å²) in [6.45, 7) is 5.97. The molecule has 0 bridgehead atoms. The minimum Gasteiger partial charge on any atom is -0.396 e. The van der Waals surface area contributed by atoms with E-state index in [0.29, 0.717) is 6.42 Å². The van der Waals surface area contributed by atoms with Crippen molar-refractivity contribution in [2.75, 3.05) is 6.61 Å². The van der Waals surface area contributed by atoms with Gasteiger partial charge in [0.05, 0.1) is 5.92 Å². The minimum absolute atomic E-state index is 0.0158. The van der Waals surface area contributed by atoms with Crippen molar-refractivity contribution in [2.24, 2.45) is 17.6 Å². The van der Waals surface area contributed by atoms with Crippen LogP contribution in [0.5, 0.6) is 0 Å². The van der Waals surface area contributed by atoms with Gasteiger partial charge in [-0.25, -0.2) is 0 Å². The van der Waals surface area contributed by atoms with Crippen LogP contribution in [0.4, 0.5) is 0 Å². The van der Waals surface area contributed by atoms with Crippen LogP contribution in [0.1, 0.15) is 38.8 Å². The Bertz CT molecular complexity index is 406. The largest absolute Gasteiger partial charge is 0.396 e. The van der Waals surface area contributed by atoms with E-state index in [1.54, 1.807) is 0 Å². The first-order valence-corrected chi connectivity index (χ1v) is 7.19. The van der Waals surface area contributed by atoms with Crippen LogP contribution in [-0.4, -0.2) is 23.7 Å². The number of hydrogen-bond donors (Lipinski definition) is 3. The summed E-state index contributed by atoms with van der Waals surface area (Å²) in [4.78, 5) is 12.3. The number of carbonyl (C=O) groups excluding carboxylic acids is 1. The highest BCUT2D eigenvalue weighted by Gasteiger charge is 2.25. The third-order valence-electron chi connectivity index (χ3n) is 3.71. The molecule has 4 N–H and O–H groups in total. The molecule has 0 saturated heterocycles. The lowest BCUT2D eigenvalue weighted by atomic mass is 9.93. The third-order valence-corrected chi connectivity index (χ3v) is 3.71. The first-order chi connectivity index (χ1) is 9.47. The Morgan fingerprint density at radius 3 is 2.35 bits per heavy atom. The number of carbonyl (C=O) groups is 1. The summed E-state index contributed by atoms with van der Waals surface area (Å²) in [5.74, 6) is -0.0860. The second kappa shape index (κ2) is 8.02. The van der Waals surface area contributed by atoms with Gasteiger partial charge in [-0.2, -0.15) is 0 Å². The second-order valence-electron chi connectivity index (χ2n) is 5.60. The summed E-state index contributed by atoms with van der Waals surface area (Å²) < 4.78 is 0. The molecule has 0 aliphatic heterocycles. The van der Waals surface area contributed by atoms with Gasteiger partial charge < -0.3 is 16.2 Å². The first-order valence-electron chi connectivity index (χ1n) is 7.19. The van der Waals surface area contributed by atoms with E-state index < -0.39 is 0 Å². The van der Waals surface area contributed by atoms with Crippen molar-refractivity contribution in [3.05, 3.63) is 35.9 Å². The zero-order chi connectivity index (χ0) is 15.1. The molecule has 1 aromatic carbocycles. The van der Waals surface area contributed by atoms with E-state index in [2.05, 4.69) is 5.32 Å². The fourth-order valence-corrected chi connectivity index (χ4v) is 2.15. The van der Waals surface area contributed by atoms with Crippen LogP contribution in [0, 0.1) is 11.8 Å². The van der Waals surface area contributed by atoms with E-state index in [1.807, 2.05) is 51.1 Å². The topological polar surface area (TPSA) is 75.3 Å². The van der Waals surface area contributed by atoms with Crippen molar-refractivity contribution >= 4 is 5.91 Å². The van der Waals surface area contributed by atoms with Crippen molar-refractivity contribution in [3.8, 4) is 0 Å². The summed E-state index contributed by atoms with van der Waals surface area (Å²) in [6.07, 6.45) is 0.566. The minimum atomic E-state index is -0.321. The fraction of sp³-hybridized carbons (Fsp3) is 0.562. The lowest BCUT2D eigenvalue weighted by Gasteiger charge is -2.26. The van der Waals surface area contributed by atoms with Gasteiger partial charge in [-0.3, -0.25) is 4.79 Å². The Hall–Kier alpha value is -1.39. The zero-order valence-corrected chi connectivity index (χ0v) is 12.5. The number of aliphatic hydroxyl groups is 1.